The molecule has 0 radical (unpaired) electrons. The average Bonchev–Trinajstić information content (AvgIpc) is 2.65. The number of hydrogen-bond donors (Lipinski definition) is 3. The van der Waals surface area contributed by atoms with Gasteiger partial charge in [0.1, 0.15) is 11.9 Å². The van der Waals surface area contributed by atoms with Crippen molar-refractivity contribution in [3.63, 3.8) is 0 Å². The average molecular weight is 350 g/mol. The van der Waals surface area contributed by atoms with E-state index in [4.69, 9.17) is 5.21 Å². The molecule has 2 rings (SSSR count). The van der Waals surface area contributed by atoms with Crippen LogP contribution in [0.25, 0.3) is 0 Å². The Kier molecular flexibility index (Phi) is 6.72. The molecule has 1 fully saturated rings. The third-order valence-corrected chi connectivity index (χ3v) is 4.37. The van der Waals surface area contributed by atoms with E-state index in [1.807, 2.05) is 32.0 Å². The summed E-state index contributed by atoms with van der Waals surface area (Å²) in [4.78, 5) is 32.4. The van der Waals surface area contributed by atoms with Crippen molar-refractivity contribution in [1.29, 1.82) is 0 Å². The van der Waals surface area contributed by atoms with Gasteiger partial charge in [0, 0.05) is 32.4 Å². The zero-order valence-corrected chi connectivity index (χ0v) is 14.6. The van der Waals surface area contributed by atoms with Gasteiger partial charge in [-0.15, -0.1) is 0 Å². The molecule has 2 heterocycles. The SMILES string of the molecule is CC(C)CC(C(=O)N1CCN(c2ccccn2)CC1)C(O)C(=O)NO. The number of carbonyl (C=O) groups excluding carboxylic acids is 2. The Balaban J connectivity index is 2.01. The van der Waals surface area contributed by atoms with Crippen LogP contribution in [0.1, 0.15) is 20.3 Å². The number of hydroxylamine groups is 1. The molecule has 0 aliphatic carbocycles. The van der Waals surface area contributed by atoms with Crippen molar-refractivity contribution in [1.82, 2.24) is 15.4 Å². The zero-order valence-electron chi connectivity index (χ0n) is 14.6. The first-order chi connectivity index (χ1) is 11.9. The molecular weight excluding hydrogens is 324 g/mol. The van der Waals surface area contributed by atoms with Gasteiger partial charge in [-0.1, -0.05) is 19.9 Å². The van der Waals surface area contributed by atoms with Crippen LogP contribution in [-0.4, -0.2) is 64.3 Å². The monoisotopic (exact) mass is 350 g/mol. The van der Waals surface area contributed by atoms with Gasteiger partial charge in [0.15, 0.2) is 0 Å². The molecule has 0 spiro atoms. The molecule has 3 N–H and O–H groups in total. The van der Waals surface area contributed by atoms with E-state index in [-0.39, 0.29) is 11.8 Å². The molecule has 1 aromatic rings. The number of piperazine rings is 1. The van der Waals surface area contributed by atoms with E-state index in [1.54, 1.807) is 11.1 Å². The molecule has 1 saturated heterocycles. The third-order valence-electron chi connectivity index (χ3n) is 4.37. The van der Waals surface area contributed by atoms with Gasteiger partial charge in [-0.25, -0.2) is 10.5 Å². The fourth-order valence-corrected chi connectivity index (χ4v) is 3.05. The molecule has 138 valence electrons. The predicted octanol–water partition coefficient (Wildman–Crippen LogP) is 0.259. The van der Waals surface area contributed by atoms with Gasteiger partial charge >= 0.3 is 0 Å². The lowest BCUT2D eigenvalue weighted by molar-refractivity contribution is -0.151. The van der Waals surface area contributed by atoms with Crippen LogP contribution in [0.2, 0.25) is 0 Å². The number of anilines is 1. The van der Waals surface area contributed by atoms with Crippen LogP contribution in [0.5, 0.6) is 0 Å². The van der Waals surface area contributed by atoms with E-state index >= 15 is 0 Å². The topological polar surface area (TPSA) is 106 Å². The van der Waals surface area contributed by atoms with E-state index in [9.17, 15) is 14.7 Å². The first-order valence-electron chi connectivity index (χ1n) is 8.50. The summed E-state index contributed by atoms with van der Waals surface area (Å²) in [5.41, 5.74) is 1.43. The van der Waals surface area contributed by atoms with Crippen molar-refractivity contribution in [3.8, 4) is 0 Å². The molecule has 2 atom stereocenters. The minimum atomic E-state index is -1.56. The Labute approximate surface area is 147 Å². The highest BCUT2D eigenvalue weighted by Crippen LogP contribution is 2.21. The number of carbonyl (C=O) groups is 2. The first kappa shape index (κ1) is 19.1. The Hall–Kier alpha value is -2.19. The second-order valence-electron chi connectivity index (χ2n) is 6.66. The number of nitrogens with zero attached hydrogens (tertiary/aromatic N) is 3. The smallest absolute Gasteiger partial charge is 0.272 e. The molecule has 25 heavy (non-hydrogen) atoms. The van der Waals surface area contributed by atoms with Gasteiger partial charge in [-0.3, -0.25) is 14.8 Å². The standard InChI is InChI=1S/C17H26N4O4/c1-12(2)11-13(15(22)16(23)19-25)17(24)21-9-7-20(8-10-21)14-5-3-4-6-18-14/h3-6,12-13,15,22,25H,7-11H2,1-2H3,(H,19,23). The number of rotatable bonds is 6. The van der Waals surface area contributed by atoms with Crippen molar-refractivity contribution >= 4 is 17.6 Å². The number of nitrogens with one attached hydrogen (secondary N) is 1. The fourth-order valence-electron chi connectivity index (χ4n) is 3.05. The molecular formula is C17H26N4O4. The summed E-state index contributed by atoms with van der Waals surface area (Å²) in [6.07, 6.45) is 0.539. The van der Waals surface area contributed by atoms with Gasteiger partial charge < -0.3 is 14.9 Å². The number of aromatic nitrogens is 1. The molecule has 0 saturated carbocycles. The van der Waals surface area contributed by atoms with Crippen molar-refractivity contribution < 1.29 is 19.9 Å². The van der Waals surface area contributed by atoms with Gasteiger partial charge in [0.2, 0.25) is 5.91 Å². The largest absolute Gasteiger partial charge is 0.382 e. The van der Waals surface area contributed by atoms with Crippen LogP contribution in [0.3, 0.4) is 0 Å². The number of hydrogen-bond acceptors (Lipinski definition) is 6. The van der Waals surface area contributed by atoms with Crippen LogP contribution >= 0.6 is 0 Å². The Bertz CT molecular complexity index is 573. The Morgan fingerprint density at radius 1 is 1.24 bits per heavy atom. The van der Waals surface area contributed by atoms with Crippen LogP contribution in [-0.2, 0) is 9.59 Å². The first-order valence-corrected chi connectivity index (χ1v) is 8.50. The molecule has 2 amide bonds. The van der Waals surface area contributed by atoms with E-state index in [0.29, 0.717) is 32.6 Å². The van der Waals surface area contributed by atoms with Crippen molar-refractivity contribution in [2.24, 2.45) is 11.8 Å². The summed E-state index contributed by atoms with van der Waals surface area (Å²) in [6, 6.07) is 5.70. The highest BCUT2D eigenvalue weighted by molar-refractivity contribution is 5.88. The summed E-state index contributed by atoms with van der Waals surface area (Å²) < 4.78 is 0. The lowest BCUT2D eigenvalue weighted by Crippen LogP contribution is -2.53. The van der Waals surface area contributed by atoms with Gasteiger partial charge in [0.05, 0.1) is 5.92 Å². The maximum Gasteiger partial charge on any atom is 0.272 e. The maximum atomic E-state index is 12.8. The van der Waals surface area contributed by atoms with Crippen LogP contribution < -0.4 is 10.4 Å². The fraction of sp³-hybridized carbons (Fsp3) is 0.588. The minimum Gasteiger partial charge on any atom is -0.382 e. The normalized spacial score (nSPS) is 17.3. The zero-order chi connectivity index (χ0) is 18.4. The summed E-state index contributed by atoms with van der Waals surface area (Å²) in [5, 5.41) is 18.9. The molecule has 1 aromatic heterocycles. The van der Waals surface area contributed by atoms with Gasteiger partial charge in [-0.05, 0) is 24.5 Å². The van der Waals surface area contributed by atoms with Gasteiger partial charge in [0.25, 0.3) is 5.91 Å². The molecule has 8 nitrogen and oxygen atoms in total. The maximum absolute atomic E-state index is 12.8. The highest BCUT2D eigenvalue weighted by Gasteiger charge is 2.36. The number of amides is 2. The molecule has 1 aliphatic heterocycles. The second-order valence-corrected chi connectivity index (χ2v) is 6.66. The lowest BCUT2D eigenvalue weighted by atomic mass is 9.90. The van der Waals surface area contributed by atoms with Crippen molar-refractivity contribution in [2.45, 2.75) is 26.4 Å². The summed E-state index contributed by atoms with van der Waals surface area (Å²) >= 11 is 0. The van der Waals surface area contributed by atoms with Crippen molar-refractivity contribution in [3.05, 3.63) is 24.4 Å². The number of aliphatic hydroxyl groups is 1. The summed E-state index contributed by atoms with van der Waals surface area (Å²) in [6.45, 7) is 6.11. The second kappa shape index (κ2) is 8.77. The highest BCUT2D eigenvalue weighted by atomic mass is 16.5. The van der Waals surface area contributed by atoms with E-state index < -0.39 is 17.9 Å². The quantitative estimate of drug-likeness (QED) is 0.502. The lowest BCUT2D eigenvalue weighted by Gasteiger charge is -2.37. The number of pyridine rings is 1. The van der Waals surface area contributed by atoms with E-state index in [2.05, 4.69) is 9.88 Å². The van der Waals surface area contributed by atoms with Crippen LogP contribution in [0.4, 0.5) is 5.82 Å². The van der Waals surface area contributed by atoms with Crippen molar-refractivity contribution in [2.75, 3.05) is 31.1 Å². The molecule has 0 aromatic carbocycles. The van der Waals surface area contributed by atoms with Crippen LogP contribution in [0, 0.1) is 11.8 Å². The number of aliphatic hydroxyl groups excluding tert-OH is 1. The minimum absolute atomic E-state index is 0.130. The molecule has 8 heteroatoms. The Morgan fingerprint density at radius 3 is 2.44 bits per heavy atom. The molecule has 2 unspecified atom stereocenters. The summed E-state index contributed by atoms with van der Waals surface area (Å²) in [5.74, 6) is -1.08. The predicted molar refractivity (Wildman–Crippen MR) is 91.9 cm³/mol. The Morgan fingerprint density at radius 2 is 1.92 bits per heavy atom. The molecule has 0 bridgehead atoms. The van der Waals surface area contributed by atoms with Crippen LogP contribution in [0.15, 0.2) is 24.4 Å². The third kappa shape index (κ3) is 4.90. The van der Waals surface area contributed by atoms with E-state index in [0.717, 1.165) is 5.82 Å². The van der Waals surface area contributed by atoms with E-state index in [1.165, 1.54) is 5.48 Å². The molecule has 1 aliphatic rings. The summed E-state index contributed by atoms with van der Waals surface area (Å²) in [7, 11) is 0. The van der Waals surface area contributed by atoms with Gasteiger partial charge in [-0.2, -0.15) is 0 Å².